The molecule has 2 unspecified atom stereocenters. The summed E-state index contributed by atoms with van der Waals surface area (Å²) in [5, 5.41) is 17.6. The minimum Gasteiger partial charge on any atom is -0.396 e. The second-order valence-electron chi connectivity index (χ2n) is 5.62. The Morgan fingerprint density at radius 3 is 2.89 bits per heavy atom. The van der Waals surface area contributed by atoms with Crippen molar-refractivity contribution in [2.75, 3.05) is 18.1 Å². The van der Waals surface area contributed by atoms with Crippen LogP contribution in [0.1, 0.15) is 36.8 Å². The van der Waals surface area contributed by atoms with Gasteiger partial charge >= 0.3 is 0 Å². The van der Waals surface area contributed by atoms with Crippen LogP contribution >= 0.6 is 0 Å². The summed E-state index contributed by atoms with van der Waals surface area (Å²) in [4.78, 5) is 0. The lowest BCUT2D eigenvalue weighted by Crippen LogP contribution is -2.28. The Morgan fingerprint density at radius 1 is 1.32 bits per heavy atom. The van der Waals surface area contributed by atoms with Gasteiger partial charge in [-0.3, -0.25) is 0 Å². The normalized spacial score (nSPS) is 29.9. The third kappa shape index (κ3) is 2.53. The van der Waals surface area contributed by atoms with E-state index in [0.717, 1.165) is 37.5 Å². The number of sulfone groups is 1. The van der Waals surface area contributed by atoms with Crippen molar-refractivity contribution in [3.63, 3.8) is 0 Å². The van der Waals surface area contributed by atoms with Gasteiger partial charge in [0.15, 0.2) is 9.84 Å². The molecule has 7 heteroatoms. The molecule has 0 aromatic carbocycles. The van der Waals surface area contributed by atoms with Crippen molar-refractivity contribution >= 4 is 9.84 Å². The van der Waals surface area contributed by atoms with Crippen LogP contribution in [0.15, 0.2) is 0 Å². The van der Waals surface area contributed by atoms with E-state index >= 15 is 0 Å². The molecule has 19 heavy (non-hydrogen) atoms. The fourth-order valence-electron chi connectivity index (χ4n) is 3.10. The van der Waals surface area contributed by atoms with E-state index in [4.69, 9.17) is 0 Å². The van der Waals surface area contributed by atoms with Gasteiger partial charge < -0.3 is 9.67 Å². The van der Waals surface area contributed by atoms with Crippen LogP contribution in [0.25, 0.3) is 0 Å². The Kier molecular flexibility index (Phi) is 3.34. The molecule has 1 N–H and O–H groups in total. The first kappa shape index (κ1) is 13.1. The number of hydrogen-bond acceptors (Lipinski definition) is 5. The van der Waals surface area contributed by atoms with Crippen LogP contribution in [0.4, 0.5) is 0 Å². The quantitative estimate of drug-likeness (QED) is 0.834. The number of fused-ring (bicyclic) bond motifs is 1. The summed E-state index contributed by atoms with van der Waals surface area (Å²) in [5.74, 6) is 2.48. The van der Waals surface area contributed by atoms with Crippen LogP contribution in [0.2, 0.25) is 0 Å². The maximum Gasteiger partial charge on any atom is 0.151 e. The molecule has 0 spiro atoms. The van der Waals surface area contributed by atoms with Crippen LogP contribution in [-0.4, -0.2) is 46.4 Å². The van der Waals surface area contributed by atoms with Gasteiger partial charge in [0, 0.05) is 25.5 Å². The Bertz CT molecular complexity index is 567. The van der Waals surface area contributed by atoms with Crippen LogP contribution in [-0.2, 0) is 22.8 Å². The molecule has 3 heterocycles. The van der Waals surface area contributed by atoms with Crippen molar-refractivity contribution in [3.8, 4) is 0 Å². The first-order chi connectivity index (χ1) is 9.09. The summed E-state index contributed by atoms with van der Waals surface area (Å²) in [6, 6.07) is 0. The summed E-state index contributed by atoms with van der Waals surface area (Å²) in [6.07, 6.45) is 3.24. The molecule has 0 bridgehead atoms. The second-order valence-corrected chi connectivity index (χ2v) is 7.85. The Labute approximate surface area is 112 Å². The highest BCUT2D eigenvalue weighted by Gasteiger charge is 2.32. The molecule has 1 fully saturated rings. The summed E-state index contributed by atoms with van der Waals surface area (Å²) in [6.45, 7) is 0.972. The lowest BCUT2D eigenvalue weighted by molar-refractivity contribution is 0.198. The van der Waals surface area contributed by atoms with Crippen molar-refractivity contribution in [1.29, 1.82) is 0 Å². The summed E-state index contributed by atoms with van der Waals surface area (Å²) >= 11 is 0. The molecule has 0 radical (unpaired) electrons. The standard InChI is InChI=1S/C12H19N3O3S/c16-7-9-3-4-15-11(6-9)13-14-12(15)10-2-1-5-19(17,18)8-10/h9-10,16H,1-8H2. The van der Waals surface area contributed by atoms with Crippen LogP contribution in [0.3, 0.4) is 0 Å². The second kappa shape index (κ2) is 4.86. The predicted molar refractivity (Wildman–Crippen MR) is 69.5 cm³/mol. The van der Waals surface area contributed by atoms with E-state index in [0.29, 0.717) is 12.2 Å². The molecule has 0 amide bonds. The van der Waals surface area contributed by atoms with Gasteiger partial charge in [-0.05, 0) is 25.2 Å². The van der Waals surface area contributed by atoms with Gasteiger partial charge in [-0.25, -0.2) is 8.42 Å². The highest BCUT2D eigenvalue weighted by molar-refractivity contribution is 7.91. The van der Waals surface area contributed by atoms with Crippen molar-refractivity contribution in [2.24, 2.45) is 5.92 Å². The van der Waals surface area contributed by atoms with E-state index in [-0.39, 0.29) is 24.2 Å². The molecule has 106 valence electrons. The first-order valence-electron chi connectivity index (χ1n) is 6.82. The van der Waals surface area contributed by atoms with E-state index < -0.39 is 9.84 Å². The maximum absolute atomic E-state index is 11.7. The van der Waals surface area contributed by atoms with Gasteiger partial charge in [0.25, 0.3) is 0 Å². The van der Waals surface area contributed by atoms with Gasteiger partial charge in [-0.15, -0.1) is 10.2 Å². The zero-order chi connectivity index (χ0) is 13.5. The van der Waals surface area contributed by atoms with Crippen LogP contribution < -0.4 is 0 Å². The number of nitrogens with zero attached hydrogens (tertiary/aromatic N) is 3. The zero-order valence-corrected chi connectivity index (χ0v) is 11.6. The maximum atomic E-state index is 11.7. The molecular weight excluding hydrogens is 266 g/mol. The summed E-state index contributed by atoms with van der Waals surface area (Å²) in [7, 11) is -2.92. The molecule has 2 aliphatic rings. The van der Waals surface area contributed by atoms with Crippen molar-refractivity contribution in [1.82, 2.24) is 14.8 Å². The molecule has 1 saturated heterocycles. The van der Waals surface area contributed by atoms with Gasteiger partial charge in [0.05, 0.1) is 11.5 Å². The fraction of sp³-hybridized carbons (Fsp3) is 0.833. The summed E-state index contributed by atoms with van der Waals surface area (Å²) in [5.41, 5.74) is 0. The lowest BCUT2D eigenvalue weighted by Gasteiger charge is -2.25. The van der Waals surface area contributed by atoms with Gasteiger partial charge in [-0.2, -0.15) is 0 Å². The zero-order valence-electron chi connectivity index (χ0n) is 10.8. The number of aromatic nitrogens is 3. The smallest absolute Gasteiger partial charge is 0.151 e. The minimum absolute atomic E-state index is 0.00863. The number of rotatable bonds is 2. The largest absolute Gasteiger partial charge is 0.396 e. The Balaban J connectivity index is 1.85. The third-order valence-corrected chi connectivity index (χ3v) is 6.00. The van der Waals surface area contributed by atoms with Crippen LogP contribution in [0, 0.1) is 5.92 Å². The van der Waals surface area contributed by atoms with E-state index in [1.165, 1.54) is 0 Å². The Morgan fingerprint density at radius 2 is 2.16 bits per heavy atom. The highest BCUT2D eigenvalue weighted by Crippen LogP contribution is 2.30. The molecule has 0 saturated carbocycles. The number of hydrogen-bond donors (Lipinski definition) is 1. The van der Waals surface area contributed by atoms with Gasteiger partial charge in [0.1, 0.15) is 11.6 Å². The van der Waals surface area contributed by atoms with E-state index in [1.807, 2.05) is 0 Å². The molecule has 6 nitrogen and oxygen atoms in total. The molecular formula is C12H19N3O3S. The molecule has 3 rings (SSSR count). The molecule has 2 atom stereocenters. The fourth-order valence-corrected chi connectivity index (χ4v) is 4.80. The van der Waals surface area contributed by atoms with E-state index in [1.54, 1.807) is 0 Å². The molecule has 1 aromatic heterocycles. The number of aliphatic hydroxyl groups is 1. The minimum atomic E-state index is -2.92. The van der Waals surface area contributed by atoms with Crippen molar-refractivity contribution in [3.05, 3.63) is 11.6 Å². The first-order valence-corrected chi connectivity index (χ1v) is 8.64. The van der Waals surface area contributed by atoms with Gasteiger partial charge in [0.2, 0.25) is 0 Å². The van der Waals surface area contributed by atoms with E-state index in [2.05, 4.69) is 14.8 Å². The number of aliphatic hydroxyl groups excluding tert-OH is 1. The lowest BCUT2D eigenvalue weighted by atomic mass is 9.98. The molecule has 0 aliphatic carbocycles. The highest BCUT2D eigenvalue weighted by atomic mass is 32.2. The SMILES string of the molecule is O=S1(=O)CCCC(c2nnc3n2CCC(CO)C3)C1. The predicted octanol–water partition coefficient (Wildman–Crippen LogP) is 0.125. The third-order valence-electron chi connectivity index (χ3n) is 4.17. The van der Waals surface area contributed by atoms with E-state index in [9.17, 15) is 13.5 Å². The van der Waals surface area contributed by atoms with Crippen molar-refractivity contribution in [2.45, 2.75) is 38.1 Å². The Hall–Kier alpha value is -0.950. The average molecular weight is 285 g/mol. The molecule has 2 aliphatic heterocycles. The molecule has 1 aromatic rings. The van der Waals surface area contributed by atoms with Crippen molar-refractivity contribution < 1.29 is 13.5 Å². The van der Waals surface area contributed by atoms with Gasteiger partial charge in [-0.1, -0.05) is 0 Å². The summed E-state index contributed by atoms with van der Waals surface area (Å²) < 4.78 is 25.5. The topological polar surface area (TPSA) is 85.1 Å². The van der Waals surface area contributed by atoms with Crippen LogP contribution in [0.5, 0.6) is 0 Å². The average Bonchev–Trinajstić information content (AvgIpc) is 2.80. The monoisotopic (exact) mass is 285 g/mol.